The van der Waals surface area contributed by atoms with Gasteiger partial charge in [-0.1, -0.05) is 13.8 Å². The highest BCUT2D eigenvalue weighted by atomic mass is 16.2. The summed E-state index contributed by atoms with van der Waals surface area (Å²) < 4.78 is 0. The van der Waals surface area contributed by atoms with Crippen molar-refractivity contribution in [1.29, 1.82) is 0 Å². The summed E-state index contributed by atoms with van der Waals surface area (Å²) in [6, 6.07) is 0.421. The molecule has 0 saturated carbocycles. The van der Waals surface area contributed by atoms with Crippen molar-refractivity contribution < 1.29 is 4.79 Å². The van der Waals surface area contributed by atoms with Gasteiger partial charge in [-0.15, -0.1) is 0 Å². The summed E-state index contributed by atoms with van der Waals surface area (Å²) >= 11 is 0. The lowest BCUT2D eigenvalue weighted by molar-refractivity contribution is -0.134. The second-order valence-corrected chi connectivity index (χ2v) is 4.10. The van der Waals surface area contributed by atoms with Gasteiger partial charge < -0.3 is 10.6 Å². The summed E-state index contributed by atoms with van der Waals surface area (Å²) in [5.74, 6) is 0.661. The molecule has 1 unspecified atom stereocenters. The second-order valence-electron chi connectivity index (χ2n) is 4.10. The molecule has 1 heterocycles. The molecule has 2 N–H and O–H groups in total. The molecule has 76 valence electrons. The van der Waals surface area contributed by atoms with E-state index < -0.39 is 0 Å². The molecule has 1 fully saturated rings. The highest BCUT2D eigenvalue weighted by Gasteiger charge is 2.27. The van der Waals surface area contributed by atoms with Crippen molar-refractivity contribution >= 4 is 5.91 Å². The van der Waals surface area contributed by atoms with E-state index in [2.05, 4.69) is 13.8 Å². The summed E-state index contributed by atoms with van der Waals surface area (Å²) in [5.41, 5.74) is 5.37. The molecule has 0 aromatic rings. The van der Waals surface area contributed by atoms with E-state index in [1.807, 2.05) is 4.90 Å². The Morgan fingerprint density at radius 2 is 2.23 bits per heavy atom. The zero-order valence-electron chi connectivity index (χ0n) is 8.62. The van der Waals surface area contributed by atoms with E-state index in [-0.39, 0.29) is 12.5 Å². The lowest BCUT2D eigenvalue weighted by atomic mass is 9.93. The fourth-order valence-electron chi connectivity index (χ4n) is 2.08. The molecule has 1 amide bonds. The average Bonchev–Trinajstić information content (AvgIpc) is 2.16. The Labute approximate surface area is 80.3 Å². The van der Waals surface area contributed by atoms with Crippen molar-refractivity contribution in [3.63, 3.8) is 0 Å². The normalized spacial score (nSPS) is 23.7. The maximum absolute atomic E-state index is 11.5. The summed E-state index contributed by atoms with van der Waals surface area (Å²) in [7, 11) is 0. The maximum atomic E-state index is 11.5. The minimum Gasteiger partial charge on any atom is -0.338 e. The zero-order valence-corrected chi connectivity index (χ0v) is 8.62. The standard InChI is InChI=1S/C10H20N2O/c1-8(2)9-5-3-4-6-12(9)10(13)7-11/h8-9H,3-7,11H2,1-2H3. The molecule has 0 aliphatic carbocycles. The first kappa shape index (κ1) is 10.5. The number of piperidine rings is 1. The summed E-state index contributed by atoms with van der Waals surface area (Å²) in [4.78, 5) is 13.4. The molecule has 0 aromatic carbocycles. The largest absolute Gasteiger partial charge is 0.338 e. The van der Waals surface area contributed by atoms with Gasteiger partial charge in [-0.25, -0.2) is 0 Å². The van der Waals surface area contributed by atoms with Gasteiger partial charge in [-0.3, -0.25) is 4.79 Å². The number of nitrogens with zero attached hydrogens (tertiary/aromatic N) is 1. The van der Waals surface area contributed by atoms with Gasteiger partial charge in [0.1, 0.15) is 0 Å². The molecular formula is C10H20N2O. The molecule has 1 aliphatic heterocycles. The van der Waals surface area contributed by atoms with E-state index in [0.717, 1.165) is 19.4 Å². The number of nitrogens with two attached hydrogens (primary N) is 1. The molecule has 1 rings (SSSR count). The van der Waals surface area contributed by atoms with E-state index in [1.54, 1.807) is 0 Å². The Bertz CT molecular complexity index is 180. The van der Waals surface area contributed by atoms with E-state index >= 15 is 0 Å². The van der Waals surface area contributed by atoms with E-state index in [0.29, 0.717) is 12.0 Å². The van der Waals surface area contributed by atoms with Crippen LogP contribution in [-0.4, -0.2) is 29.9 Å². The molecule has 3 nitrogen and oxygen atoms in total. The van der Waals surface area contributed by atoms with Gasteiger partial charge in [0, 0.05) is 12.6 Å². The van der Waals surface area contributed by atoms with Gasteiger partial charge in [0.15, 0.2) is 0 Å². The van der Waals surface area contributed by atoms with Crippen LogP contribution in [0.3, 0.4) is 0 Å². The topological polar surface area (TPSA) is 46.3 Å². The van der Waals surface area contributed by atoms with Crippen LogP contribution in [0.4, 0.5) is 0 Å². The first-order chi connectivity index (χ1) is 6.16. The minimum absolute atomic E-state index is 0.110. The maximum Gasteiger partial charge on any atom is 0.236 e. The number of amides is 1. The number of carbonyl (C=O) groups is 1. The third-order valence-electron chi connectivity index (χ3n) is 2.81. The first-order valence-electron chi connectivity index (χ1n) is 5.16. The Hall–Kier alpha value is -0.570. The monoisotopic (exact) mass is 184 g/mol. The van der Waals surface area contributed by atoms with Gasteiger partial charge in [0.05, 0.1) is 6.54 Å². The third kappa shape index (κ3) is 2.44. The molecule has 1 aliphatic rings. The number of carbonyl (C=O) groups excluding carboxylic acids is 1. The molecule has 1 atom stereocenters. The highest BCUT2D eigenvalue weighted by molar-refractivity contribution is 5.78. The van der Waals surface area contributed by atoms with E-state index in [4.69, 9.17) is 5.73 Å². The van der Waals surface area contributed by atoms with Crippen LogP contribution in [0.2, 0.25) is 0 Å². The lowest BCUT2D eigenvalue weighted by Crippen LogP contribution is -2.48. The van der Waals surface area contributed by atoms with Crippen LogP contribution >= 0.6 is 0 Å². The number of hydrogen-bond donors (Lipinski definition) is 1. The zero-order chi connectivity index (χ0) is 9.84. The summed E-state index contributed by atoms with van der Waals surface area (Å²) in [6.45, 7) is 5.40. The fraction of sp³-hybridized carbons (Fsp3) is 0.900. The predicted molar refractivity (Wildman–Crippen MR) is 53.2 cm³/mol. The summed E-state index contributed by atoms with van der Waals surface area (Å²) in [6.07, 6.45) is 3.52. The highest BCUT2D eigenvalue weighted by Crippen LogP contribution is 2.22. The molecule has 3 heteroatoms. The van der Waals surface area contributed by atoms with Crippen LogP contribution in [0.25, 0.3) is 0 Å². The van der Waals surface area contributed by atoms with Crippen LogP contribution in [-0.2, 0) is 4.79 Å². The predicted octanol–water partition coefficient (Wildman–Crippen LogP) is 0.982. The van der Waals surface area contributed by atoms with Gasteiger partial charge in [0.2, 0.25) is 5.91 Å². The van der Waals surface area contributed by atoms with Crippen LogP contribution in [0, 0.1) is 5.92 Å². The number of hydrogen-bond acceptors (Lipinski definition) is 2. The molecule has 0 aromatic heterocycles. The van der Waals surface area contributed by atoms with Crippen molar-refractivity contribution in [3.05, 3.63) is 0 Å². The quantitative estimate of drug-likeness (QED) is 0.695. The molecule has 1 saturated heterocycles. The van der Waals surface area contributed by atoms with E-state index in [1.165, 1.54) is 6.42 Å². The Balaban J connectivity index is 2.61. The number of likely N-dealkylation sites (tertiary alicyclic amines) is 1. The van der Waals surface area contributed by atoms with Crippen molar-refractivity contribution in [3.8, 4) is 0 Å². The van der Waals surface area contributed by atoms with Crippen molar-refractivity contribution in [2.75, 3.05) is 13.1 Å². The SMILES string of the molecule is CC(C)C1CCCCN1C(=O)CN. The van der Waals surface area contributed by atoms with Gasteiger partial charge in [-0.05, 0) is 25.2 Å². The smallest absolute Gasteiger partial charge is 0.236 e. The first-order valence-corrected chi connectivity index (χ1v) is 5.16. The fourth-order valence-corrected chi connectivity index (χ4v) is 2.08. The average molecular weight is 184 g/mol. The van der Waals surface area contributed by atoms with Crippen LogP contribution in [0.1, 0.15) is 33.1 Å². The number of rotatable bonds is 2. The van der Waals surface area contributed by atoms with Crippen LogP contribution in [0.5, 0.6) is 0 Å². The second kappa shape index (κ2) is 4.61. The lowest BCUT2D eigenvalue weighted by Gasteiger charge is -2.38. The van der Waals surface area contributed by atoms with Gasteiger partial charge >= 0.3 is 0 Å². The Kier molecular flexibility index (Phi) is 3.72. The van der Waals surface area contributed by atoms with E-state index in [9.17, 15) is 4.79 Å². The Morgan fingerprint density at radius 3 is 2.77 bits per heavy atom. The molecule has 0 spiro atoms. The van der Waals surface area contributed by atoms with Gasteiger partial charge in [0.25, 0.3) is 0 Å². The molecule has 13 heavy (non-hydrogen) atoms. The Morgan fingerprint density at radius 1 is 1.54 bits per heavy atom. The van der Waals surface area contributed by atoms with Crippen LogP contribution in [0.15, 0.2) is 0 Å². The van der Waals surface area contributed by atoms with Crippen LogP contribution < -0.4 is 5.73 Å². The van der Waals surface area contributed by atoms with Crippen molar-refractivity contribution in [2.24, 2.45) is 11.7 Å². The third-order valence-corrected chi connectivity index (χ3v) is 2.81. The van der Waals surface area contributed by atoms with Gasteiger partial charge in [-0.2, -0.15) is 0 Å². The van der Waals surface area contributed by atoms with Crippen molar-refractivity contribution in [2.45, 2.75) is 39.2 Å². The van der Waals surface area contributed by atoms with Crippen molar-refractivity contribution in [1.82, 2.24) is 4.90 Å². The minimum atomic E-state index is 0.110. The molecular weight excluding hydrogens is 164 g/mol. The summed E-state index contributed by atoms with van der Waals surface area (Å²) in [5, 5.41) is 0. The molecule has 0 radical (unpaired) electrons. The molecule has 0 bridgehead atoms.